The summed E-state index contributed by atoms with van der Waals surface area (Å²) in [4.78, 5) is 12.7. The number of benzene rings is 1. The fourth-order valence-electron chi connectivity index (χ4n) is 2.12. The smallest absolute Gasteiger partial charge is 0.150 e. The molecule has 2 unspecified atom stereocenters. The van der Waals surface area contributed by atoms with Gasteiger partial charge in [-0.05, 0) is 31.2 Å². The summed E-state index contributed by atoms with van der Waals surface area (Å²) in [6.45, 7) is 3.51. The molecule has 0 bridgehead atoms. The van der Waals surface area contributed by atoms with Gasteiger partial charge in [0.15, 0.2) is 0 Å². The molecule has 0 spiro atoms. The summed E-state index contributed by atoms with van der Waals surface area (Å²) in [5, 5.41) is 9.16. The van der Waals surface area contributed by atoms with Crippen molar-refractivity contribution in [2.75, 3.05) is 24.6 Å². The Balaban J connectivity index is 2.11. The van der Waals surface area contributed by atoms with E-state index in [4.69, 9.17) is 9.84 Å². The minimum Gasteiger partial charge on any atom is -0.394 e. The topological polar surface area (TPSA) is 49.8 Å². The Kier molecular flexibility index (Phi) is 3.76. The molecule has 0 aliphatic carbocycles. The molecule has 1 aliphatic rings. The third kappa shape index (κ3) is 2.84. The van der Waals surface area contributed by atoms with Gasteiger partial charge in [0, 0.05) is 24.3 Å². The van der Waals surface area contributed by atoms with Crippen LogP contribution in [0.5, 0.6) is 0 Å². The van der Waals surface area contributed by atoms with E-state index < -0.39 is 0 Å². The van der Waals surface area contributed by atoms with E-state index in [0.29, 0.717) is 12.1 Å². The lowest BCUT2D eigenvalue weighted by atomic mass is 10.1. The molecule has 0 radical (unpaired) electrons. The molecule has 2 atom stereocenters. The largest absolute Gasteiger partial charge is 0.394 e. The van der Waals surface area contributed by atoms with E-state index in [9.17, 15) is 4.79 Å². The fourth-order valence-corrected chi connectivity index (χ4v) is 2.12. The average molecular weight is 235 g/mol. The molecule has 0 saturated carbocycles. The summed E-state index contributed by atoms with van der Waals surface area (Å²) in [5.74, 6) is 0. The second-order valence-electron chi connectivity index (χ2n) is 4.37. The lowest BCUT2D eigenvalue weighted by Gasteiger charge is -2.37. The Bertz CT molecular complexity index is 377. The first-order chi connectivity index (χ1) is 8.22. The predicted molar refractivity (Wildman–Crippen MR) is 65.5 cm³/mol. The van der Waals surface area contributed by atoms with Crippen LogP contribution in [0.2, 0.25) is 0 Å². The maximum absolute atomic E-state index is 10.6. The van der Waals surface area contributed by atoms with Crippen LogP contribution < -0.4 is 4.90 Å². The van der Waals surface area contributed by atoms with E-state index in [1.165, 1.54) is 0 Å². The molecule has 1 N–H and O–H groups in total. The number of aliphatic hydroxyl groups excluding tert-OH is 1. The van der Waals surface area contributed by atoms with Gasteiger partial charge in [-0.3, -0.25) is 4.79 Å². The Labute approximate surface area is 101 Å². The minimum absolute atomic E-state index is 0.0350. The highest BCUT2D eigenvalue weighted by atomic mass is 16.5. The van der Waals surface area contributed by atoms with Crippen molar-refractivity contribution < 1.29 is 14.6 Å². The van der Waals surface area contributed by atoms with Gasteiger partial charge in [-0.25, -0.2) is 0 Å². The number of morpholine rings is 1. The molecular formula is C13H17NO3. The monoisotopic (exact) mass is 235 g/mol. The second kappa shape index (κ2) is 5.29. The zero-order valence-electron chi connectivity index (χ0n) is 9.87. The van der Waals surface area contributed by atoms with Crippen LogP contribution in [0.15, 0.2) is 24.3 Å². The van der Waals surface area contributed by atoms with Crippen LogP contribution in [-0.4, -0.2) is 43.3 Å². The number of carbonyl (C=O) groups is 1. The fraction of sp³-hybridized carbons (Fsp3) is 0.462. The van der Waals surface area contributed by atoms with Crippen molar-refractivity contribution >= 4 is 12.0 Å². The molecule has 1 heterocycles. The molecule has 1 aliphatic heterocycles. The zero-order chi connectivity index (χ0) is 12.3. The third-order valence-corrected chi connectivity index (χ3v) is 2.92. The van der Waals surface area contributed by atoms with Gasteiger partial charge in [0.1, 0.15) is 6.29 Å². The van der Waals surface area contributed by atoms with E-state index >= 15 is 0 Å². The molecule has 4 nitrogen and oxygen atoms in total. The Morgan fingerprint density at radius 1 is 1.41 bits per heavy atom. The molecule has 92 valence electrons. The zero-order valence-corrected chi connectivity index (χ0v) is 9.87. The number of hydrogen-bond acceptors (Lipinski definition) is 4. The van der Waals surface area contributed by atoms with E-state index in [0.717, 1.165) is 18.5 Å². The van der Waals surface area contributed by atoms with Crippen LogP contribution in [-0.2, 0) is 4.74 Å². The van der Waals surface area contributed by atoms with Gasteiger partial charge in [-0.15, -0.1) is 0 Å². The van der Waals surface area contributed by atoms with Gasteiger partial charge < -0.3 is 14.7 Å². The number of nitrogens with zero attached hydrogens (tertiary/aromatic N) is 1. The molecule has 0 aromatic heterocycles. The van der Waals surface area contributed by atoms with Gasteiger partial charge >= 0.3 is 0 Å². The SMILES string of the molecule is CC1CN(c2ccc(C=O)cc2)CC(CO)O1. The van der Waals surface area contributed by atoms with E-state index in [1.807, 2.05) is 19.1 Å². The van der Waals surface area contributed by atoms with Gasteiger partial charge in [-0.2, -0.15) is 0 Å². The molecule has 0 amide bonds. The molecule has 4 heteroatoms. The van der Waals surface area contributed by atoms with Gasteiger partial charge in [0.05, 0.1) is 18.8 Å². The van der Waals surface area contributed by atoms with Crippen molar-refractivity contribution in [1.82, 2.24) is 0 Å². The van der Waals surface area contributed by atoms with Gasteiger partial charge in [0.25, 0.3) is 0 Å². The quantitative estimate of drug-likeness (QED) is 0.797. The first-order valence-corrected chi connectivity index (χ1v) is 5.79. The van der Waals surface area contributed by atoms with Crippen molar-refractivity contribution in [3.8, 4) is 0 Å². The van der Waals surface area contributed by atoms with Crippen LogP contribution in [0.3, 0.4) is 0 Å². The molecule has 1 aromatic rings. The highest BCUT2D eigenvalue weighted by Gasteiger charge is 2.24. The lowest BCUT2D eigenvalue weighted by molar-refractivity contribution is -0.0421. The summed E-state index contributed by atoms with van der Waals surface area (Å²) in [5.41, 5.74) is 1.73. The van der Waals surface area contributed by atoms with Crippen LogP contribution >= 0.6 is 0 Å². The summed E-state index contributed by atoms with van der Waals surface area (Å²) in [6.07, 6.45) is 0.804. The van der Waals surface area contributed by atoms with E-state index in [1.54, 1.807) is 12.1 Å². The number of hydrogen-bond donors (Lipinski definition) is 1. The van der Waals surface area contributed by atoms with Crippen LogP contribution in [0.1, 0.15) is 17.3 Å². The van der Waals surface area contributed by atoms with Gasteiger partial charge in [-0.1, -0.05) is 0 Å². The average Bonchev–Trinajstić information content (AvgIpc) is 2.38. The lowest BCUT2D eigenvalue weighted by Crippen LogP contribution is -2.48. The number of ether oxygens (including phenoxy) is 1. The first-order valence-electron chi connectivity index (χ1n) is 5.79. The predicted octanol–water partition coefficient (Wildman–Crippen LogP) is 1.09. The molecule has 17 heavy (non-hydrogen) atoms. The number of aliphatic hydroxyl groups is 1. The summed E-state index contributed by atoms with van der Waals surface area (Å²) in [6, 6.07) is 7.46. The second-order valence-corrected chi connectivity index (χ2v) is 4.37. The highest BCUT2D eigenvalue weighted by Crippen LogP contribution is 2.20. The van der Waals surface area contributed by atoms with Crippen molar-refractivity contribution in [2.45, 2.75) is 19.1 Å². The first kappa shape index (κ1) is 12.1. The van der Waals surface area contributed by atoms with Gasteiger partial charge in [0.2, 0.25) is 0 Å². The Morgan fingerprint density at radius 3 is 2.71 bits per heavy atom. The maximum atomic E-state index is 10.6. The van der Waals surface area contributed by atoms with Crippen LogP contribution in [0.4, 0.5) is 5.69 Å². The third-order valence-electron chi connectivity index (χ3n) is 2.92. The number of carbonyl (C=O) groups excluding carboxylic acids is 1. The normalized spacial score (nSPS) is 24.7. The van der Waals surface area contributed by atoms with Crippen molar-refractivity contribution in [1.29, 1.82) is 0 Å². The van der Waals surface area contributed by atoms with Crippen molar-refractivity contribution in [3.05, 3.63) is 29.8 Å². The van der Waals surface area contributed by atoms with Crippen LogP contribution in [0, 0.1) is 0 Å². The Morgan fingerprint density at radius 2 is 2.12 bits per heavy atom. The highest BCUT2D eigenvalue weighted by molar-refractivity contribution is 5.75. The molecule has 2 rings (SSSR count). The van der Waals surface area contributed by atoms with Crippen molar-refractivity contribution in [2.24, 2.45) is 0 Å². The van der Waals surface area contributed by atoms with Crippen LogP contribution in [0.25, 0.3) is 0 Å². The van der Waals surface area contributed by atoms with E-state index in [-0.39, 0.29) is 18.8 Å². The van der Waals surface area contributed by atoms with E-state index in [2.05, 4.69) is 4.90 Å². The minimum atomic E-state index is -0.135. The summed E-state index contributed by atoms with van der Waals surface area (Å²) >= 11 is 0. The standard InChI is InChI=1S/C13H17NO3/c1-10-6-14(7-13(9-16)17-10)12-4-2-11(8-15)3-5-12/h2-5,8,10,13,16H,6-7,9H2,1H3. The molecule has 1 aromatic carbocycles. The van der Waals surface area contributed by atoms with Crippen molar-refractivity contribution in [3.63, 3.8) is 0 Å². The number of anilines is 1. The molecule has 1 saturated heterocycles. The Hall–Kier alpha value is -1.39. The molecule has 1 fully saturated rings. The summed E-state index contributed by atoms with van der Waals surface area (Å²) in [7, 11) is 0. The maximum Gasteiger partial charge on any atom is 0.150 e. The number of rotatable bonds is 3. The summed E-state index contributed by atoms with van der Waals surface area (Å²) < 4.78 is 5.58. The molecular weight excluding hydrogens is 218 g/mol. The number of aldehydes is 1.